The minimum absolute atomic E-state index is 0.0526. The van der Waals surface area contributed by atoms with Crippen LogP contribution in [0.15, 0.2) is 54.7 Å². The topological polar surface area (TPSA) is 560 Å². The van der Waals surface area contributed by atoms with Crippen LogP contribution in [0.5, 0.6) is 5.75 Å². The molecule has 35 heteroatoms. The van der Waals surface area contributed by atoms with Crippen LogP contribution in [0.3, 0.4) is 0 Å². The number of phenols is 1. The molecule has 99 heavy (non-hydrogen) atoms. The second-order valence-electron chi connectivity index (χ2n) is 24.5. The summed E-state index contributed by atoms with van der Waals surface area (Å²) in [5.74, 6) is -14.5. The number of phenolic OH excluding ortho intramolecular Hbond substituents is 1. The fourth-order valence-electron chi connectivity index (χ4n) is 10.6. The number of aromatic amines is 1. The number of aliphatic carboxylic acids is 2. The molecule has 1 aliphatic heterocycles. The summed E-state index contributed by atoms with van der Waals surface area (Å²) in [5.41, 5.74) is 24.3. The number of fused-ring (bicyclic) bond motifs is 1. The number of nitrogens with zero attached hydrogens (tertiary/aromatic N) is 1. The fourth-order valence-corrected chi connectivity index (χ4v) is 11.1. The summed E-state index contributed by atoms with van der Waals surface area (Å²) < 4.78 is 0. The zero-order valence-electron chi connectivity index (χ0n) is 56.0. The van der Waals surface area contributed by atoms with Gasteiger partial charge >= 0.3 is 11.9 Å². The molecule has 1 aliphatic rings. The lowest BCUT2D eigenvalue weighted by molar-refractivity contribution is -0.149. The Hall–Kier alpha value is -9.90. The van der Waals surface area contributed by atoms with Crippen molar-refractivity contribution in [1.29, 1.82) is 0 Å². The lowest BCUT2D eigenvalue weighted by atomic mass is 10.0. The first-order chi connectivity index (χ1) is 46.8. The molecule has 0 radical (unpaired) electrons. The monoisotopic (exact) mass is 1410 g/mol. The van der Waals surface area contributed by atoms with Gasteiger partial charge in [-0.3, -0.25) is 67.1 Å². The van der Waals surface area contributed by atoms with Crippen molar-refractivity contribution in [1.82, 2.24) is 63.1 Å². The molecule has 1 fully saturated rings. The molecule has 0 unspecified atom stereocenters. The number of carboxylic acid groups (broad SMARTS) is 2. The van der Waals surface area contributed by atoms with Crippen molar-refractivity contribution in [3.05, 3.63) is 65.9 Å². The van der Waals surface area contributed by atoms with E-state index in [1.54, 1.807) is 50.6 Å². The lowest BCUT2D eigenvalue weighted by Crippen LogP contribution is -2.60. The van der Waals surface area contributed by atoms with Gasteiger partial charge in [-0.05, 0) is 125 Å². The van der Waals surface area contributed by atoms with Gasteiger partial charge in [0.1, 0.15) is 66.2 Å². The van der Waals surface area contributed by atoms with Crippen LogP contribution < -0.4 is 76.1 Å². The number of carbonyl (C=O) groups excluding carboxylic acids is 13. The number of aromatic nitrogens is 1. The maximum atomic E-state index is 14.2. The Morgan fingerprint density at radius 2 is 1.15 bits per heavy atom. The van der Waals surface area contributed by atoms with E-state index in [1.165, 1.54) is 54.8 Å². The van der Waals surface area contributed by atoms with Crippen LogP contribution in [0, 0.1) is 5.92 Å². The highest BCUT2D eigenvalue weighted by Crippen LogP contribution is 2.22. The van der Waals surface area contributed by atoms with Crippen molar-refractivity contribution in [3.8, 4) is 5.75 Å². The van der Waals surface area contributed by atoms with E-state index in [4.69, 9.17) is 28.0 Å². The number of nitrogens with two attached hydrogens (primary N) is 4. The normalized spacial score (nSPS) is 15.7. The highest BCUT2D eigenvalue weighted by Gasteiger charge is 2.40. The number of amides is 13. The van der Waals surface area contributed by atoms with E-state index >= 15 is 0 Å². The predicted molar refractivity (Wildman–Crippen MR) is 360 cm³/mol. The second kappa shape index (κ2) is 40.7. The van der Waals surface area contributed by atoms with Gasteiger partial charge in [0, 0.05) is 49.3 Å². The number of rotatable bonds is 43. The summed E-state index contributed by atoms with van der Waals surface area (Å²) in [6.45, 7) is 5.49. The summed E-state index contributed by atoms with van der Waals surface area (Å²) >= 11 is 1.35. The van der Waals surface area contributed by atoms with E-state index in [0.717, 1.165) is 0 Å². The SMILES string of the molecule is CSCC[C@H](NC(=O)[C@H](C)NC(=O)[C@H](CC(N)=O)NC(=O)[C@H](CC(C)C)NC(=O)[C@H](CCC(N)=O)NC(=O)[C@H](C)NC(=O)CNC(=O)[C@H](Cc1c[nH]c2ccccc12)NC(=O)[C@H](Cc1ccc(O)cc1)NC(=O)[C@@H](N)CCC(=O)O)C(=O)N[C@@H](CCCCN)C(=O)N1CCC[C@H]1C(=O)O. The number of carboxylic acids is 2. The van der Waals surface area contributed by atoms with Gasteiger partial charge in [-0.2, -0.15) is 11.8 Å². The number of hydrogen-bond donors (Lipinski definition) is 18. The lowest BCUT2D eigenvalue weighted by Gasteiger charge is -2.29. The van der Waals surface area contributed by atoms with E-state index in [-0.39, 0.29) is 63.2 Å². The van der Waals surface area contributed by atoms with Gasteiger partial charge in [0.15, 0.2) is 0 Å². The molecule has 34 nitrogen and oxygen atoms in total. The minimum Gasteiger partial charge on any atom is -0.508 e. The van der Waals surface area contributed by atoms with Crippen molar-refractivity contribution in [3.63, 3.8) is 0 Å². The molecular weight excluding hydrogens is 1310 g/mol. The van der Waals surface area contributed by atoms with Gasteiger partial charge < -0.3 is 101 Å². The molecule has 0 aliphatic carbocycles. The molecule has 0 bridgehead atoms. The van der Waals surface area contributed by atoms with Crippen molar-refractivity contribution in [2.75, 3.05) is 31.6 Å². The maximum Gasteiger partial charge on any atom is 0.326 e. The smallest absolute Gasteiger partial charge is 0.326 e. The van der Waals surface area contributed by atoms with E-state index in [9.17, 15) is 82.1 Å². The predicted octanol–water partition coefficient (Wildman–Crippen LogP) is -3.49. The van der Waals surface area contributed by atoms with Gasteiger partial charge in [0.25, 0.3) is 0 Å². The van der Waals surface area contributed by atoms with Crippen LogP contribution in [-0.4, -0.2) is 212 Å². The number of likely N-dealkylation sites (tertiary alicyclic amines) is 1. The van der Waals surface area contributed by atoms with Gasteiger partial charge in [-0.1, -0.05) is 44.2 Å². The van der Waals surface area contributed by atoms with E-state index in [0.29, 0.717) is 53.6 Å². The first-order valence-corrected chi connectivity index (χ1v) is 33.8. The number of nitrogens with one attached hydrogen (secondary N) is 11. The Kier molecular flexibility index (Phi) is 33.5. The standard InChI is InChI=1S/C64H94N16O18S/c1-33(2)27-45(61(94)79-48(30-51(68)83)60(93)72-35(4)55(88)74-43(23-26-99-5)59(92)75-44(13-8-9-24-65)63(96)80-25-10-14-49(80)64(97)98)77-58(91)42(20-21-50(67)82)73-54(87)34(3)71-52(84)32-70-57(90)47(29-37-31-69-41-12-7-6-11-39(37)41)78-62(95)46(28-36-15-17-38(81)18-16-36)76-56(89)40(66)19-22-53(85)86/h6-7,11-12,15-18,31,33-35,40,42-49,69,81H,8-10,13-14,19-30,32,65-66H2,1-5H3,(H2,67,82)(H2,68,83)(H,70,90)(H,71,84)(H,72,93)(H,73,87)(H,74,88)(H,75,92)(H,76,89)(H,77,91)(H,78,95)(H,79,94)(H,85,86)(H,97,98)/t34-,35-,40-,42-,43-,44-,45-,46-,47-,48-,49-/m0/s1. The van der Waals surface area contributed by atoms with Crippen LogP contribution in [0.25, 0.3) is 10.9 Å². The van der Waals surface area contributed by atoms with E-state index in [1.807, 2.05) is 0 Å². The molecule has 3 aromatic rings. The average Bonchev–Trinajstić information content (AvgIpc) is 1.73. The first-order valence-electron chi connectivity index (χ1n) is 32.4. The Balaban J connectivity index is 1.46. The van der Waals surface area contributed by atoms with Crippen LogP contribution in [0.1, 0.15) is 116 Å². The van der Waals surface area contributed by atoms with E-state index in [2.05, 4.69) is 58.2 Å². The molecule has 13 amide bonds. The first kappa shape index (κ1) is 81.5. The van der Waals surface area contributed by atoms with Gasteiger partial charge in [0.05, 0.1) is 19.0 Å². The van der Waals surface area contributed by atoms with Crippen LogP contribution in [0.4, 0.5) is 0 Å². The number of aromatic hydroxyl groups is 1. The molecule has 11 atom stereocenters. The number of para-hydroxylation sites is 1. The van der Waals surface area contributed by atoms with Crippen LogP contribution in [-0.2, 0) is 84.8 Å². The highest BCUT2D eigenvalue weighted by atomic mass is 32.2. The summed E-state index contributed by atoms with van der Waals surface area (Å²) in [6.07, 6.45) is 2.18. The molecule has 22 N–H and O–H groups in total. The fraction of sp³-hybridized carbons (Fsp3) is 0.547. The molecule has 2 aromatic carbocycles. The average molecular weight is 1410 g/mol. The summed E-state index contributed by atoms with van der Waals surface area (Å²) in [4.78, 5) is 204. The third-order valence-corrected chi connectivity index (χ3v) is 16.7. The maximum absolute atomic E-state index is 14.2. The van der Waals surface area contributed by atoms with E-state index < -0.39 is 187 Å². The Labute approximate surface area is 575 Å². The number of benzene rings is 2. The third-order valence-electron chi connectivity index (χ3n) is 16.0. The number of H-pyrrole nitrogens is 1. The van der Waals surface area contributed by atoms with Crippen molar-refractivity contribution in [2.45, 2.75) is 184 Å². The Morgan fingerprint density at radius 3 is 1.76 bits per heavy atom. The quantitative estimate of drug-likeness (QED) is 0.0245. The number of thioether (sulfide) groups is 1. The van der Waals surface area contributed by atoms with Crippen molar-refractivity contribution < 1.29 is 87.2 Å². The third kappa shape index (κ3) is 27.5. The van der Waals surface area contributed by atoms with Crippen molar-refractivity contribution >= 4 is 111 Å². The molecular formula is C64H94N16O18S. The zero-order valence-corrected chi connectivity index (χ0v) is 56.8. The number of primary amides is 2. The summed E-state index contributed by atoms with van der Waals surface area (Å²) in [6, 6.07) is -2.80. The molecule has 1 aromatic heterocycles. The Morgan fingerprint density at radius 1 is 0.596 bits per heavy atom. The number of hydrogen-bond acceptors (Lipinski definition) is 19. The molecule has 0 spiro atoms. The summed E-state index contributed by atoms with van der Waals surface area (Å²) in [5, 5.41) is 54.4. The highest BCUT2D eigenvalue weighted by molar-refractivity contribution is 7.98. The van der Waals surface area contributed by atoms with Gasteiger partial charge in [-0.15, -0.1) is 0 Å². The van der Waals surface area contributed by atoms with Crippen LogP contribution in [0.2, 0.25) is 0 Å². The minimum atomic E-state index is -1.77. The largest absolute Gasteiger partial charge is 0.508 e. The molecule has 0 saturated carbocycles. The molecule has 1 saturated heterocycles. The number of unbranched alkanes of at least 4 members (excludes halogenated alkanes) is 1. The zero-order chi connectivity index (χ0) is 73.6. The second-order valence-corrected chi connectivity index (χ2v) is 25.5. The molecule has 544 valence electrons. The summed E-state index contributed by atoms with van der Waals surface area (Å²) in [7, 11) is 0. The van der Waals surface area contributed by atoms with Crippen LogP contribution >= 0.6 is 11.8 Å². The van der Waals surface area contributed by atoms with Crippen molar-refractivity contribution in [2.24, 2.45) is 28.9 Å². The van der Waals surface area contributed by atoms with Gasteiger partial charge in [-0.25, -0.2) is 4.79 Å². The molecule has 4 rings (SSSR count). The Bertz CT molecular complexity index is 3350. The molecule has 2 heterocycles. The number of carbonyl (C=O) groups is 15. The van der Waals surface area contributed by atoms with Gasteiger partial charge in [0.2, 0.25) is 76.8 Å².